The molecule has 3 aromatic rings. The second kappa shape index (κ2) is 8.19. The molecule has 7 heteroatoms. The van der Waals surface area contributed by atoms with Crippen LogP contribution >= 0.6 is 11.6 Å². The predicted molar refractivity (Wildman–Crippen MR) is 101 cm³/mol. The van der Waals surface area contributed by atoms with E-state index in [-0.39, 0.29) is 12.6 Å². The van der Waals surface area contributed by atoms with E-state index < -0.39 is 5.82 Å². The average molecular weight is 375 g/mol. The Morgan fingerprint density at radius 1 is 1.27 bits per heavy atom. The van der Waals surface area contributed by atoms with Crippen LogP contribution in [0.15, 0.2) is 48.8 Å². The molecule has 1 heterocycles. The Hall–Kier alpha value is -2.60. The largest absolute Gasteiger partial charge is 0.338 e. The van der Waals surface area contributed by atoms with Gasteiger partial charge in [-0.1, -0.05) is 29.8 Å². The fourth-order valence-corrected chi connectivity index (χ4v) is 2.98. The smallest absolute Gasteiger partial charge is 0.317 e. The van der Waals surface area contributed by atoms with E-state index in [1.807, 2.05) is 24.3 Å². The van der Waals surface area contributed by atoms with Crippen molar-refractivity contribution >= 4 is 28.7 Å². The molecule has 0 radical (unpaired) electrons. The summed E-state index contributed by atoms with van der Waals surface area (Å²) < 4.78 is 15.9. The first kappa shape index (κ1) is 18.2. The molecule has 136 valence electrons. The number of aryl methyl sites for hydroxylation is 1. The van der Waals surface area contributed by atoms with Crippen LogP contribution in [0.3, 0.4) is 0 Å². The molecule has 26 heavy (non-hydrogen) atoms. The standard InChI is InChI=1S/C19H20ClFN4O/c1-24(12-14-15(20)6-4-7-16(14)21)19(26)22-10-5-11-25-13-23-17-8-2-3-9-18(17)25/h2-4,6-9,13H,5,10-12H2,1H3,(H,22,26). The van der Waals surface area contributed by atoms with Crippen LogP contribution in [0, 0.1) is 5.82 Å². The van der Waals surface area contributed by atoms with Crippen LogP contribution in [-0.2, 0) is 13.1 Å². The summed E-state index contributed by atoms with van der Waals surface area (Å²) >= 11 is 6.00. The van der Waals surface area contributed by atoms with Gasteiger partial charge in [0.2, 0.25) is 0 Å². The molecular formula is C19H20ClFN4O. The second-order valence-corrected chi connectivity index (χ2v) is 6.48. The van der Waals surface area contributed by atoms with Crippen LogP contribution in [0.5, 0.6) is 0 Å². The summed E-state index contributed by atoms with van der Waals surface area (Å²) in [5, 5.41) is 3.16. The lowest BCUT2D eigenvalue weighted by molar-refractivity contribution is 0.206. The van der Waals surface area contributed by atoms with Gasteiger partial charge in [-0.05, 0) is 30.7 Å². The van der Waals surface area contributed by atoms with Gasteiger partial charge in [-0.3, -0.25) is 0 Å². The summed E-state index contributed by atoms with van der Waals surface area (Å²) in [5.74, 6) is -0.413. The molecule has 0 aliphatic carbocycles. The number of amides is 2. The molecular weight excluding hydrogens is 355 g/mol. The van der Waals surface area contributed by atoms with E-state index in [1.54, 1.807) is 25.5 Å². The van der Waals surface area contributed by atoms with Crippen LogP contribution in [0.25, 0.3) is 11.0 Å². The maximum Gasteiger partial charge on any atom is 0.317 e. The third-order valence-electron chi connectivity index (χ3n) is 4.18. The summed E-state index contributed by atoms with van der Waals surface area (Å²) in [6, 6.07) is 12.1. The van der Waals surface area contributed by atoms with Crippen molar-refractivity contribution in [3.05, 3.63) is 65.2 Å². The third kappa shape index (κ3) is 4.14. The van der Waals surface area contributed by atoms with Gasteiger partial charge < -0.3 is 14.8 Å². The van der Waals surface area contributed by atoms with E-state index in [1.165, 1.54) is 11.0 Å². The first-order chi connectivity index (χ1) is 12.6. The number of nitrogens with zero attached hydrogens (tertiary/aromatic N) is 3. The predicted octanol–water partition coefficient (Wildman–Crippen LogP) is 4.06. The molecule has 0 fully saturated rings. The molecule has 1 N–H and O–H groups in total. The van der Waals surface area contributed by atoms with Gasteiger partial charge in [0, 0.05) is 30.7 Å². The molecule has 0 spiro atoms. The topological polar surface area (TPSA) is 50.2 Å². The average Bonchev–Trinajstić information content (AvgIpc) is 3.05. The van der Waals surface area contributed by atoms with E-state index in [9.17, 15) is 9.18 Å². The zero-order chi connectivity index (χ0) is 18.5. The maximum atomic E-state index is 13.8. The highest BCUT2D eigenvalue weighted by Crippen LogP contribution is 2.20. The van der Waals surface area contributed by atoms with E-state index in [0.717, 1.165) is 24.0 Å². The van der Waals surface area contributed by atoms with Crippen LogP contribution in [-0.4, -0.2) is 34.1 Å². The van der Waals surface area contributed by atoms with Crippen molar-refractivity contribution in [2.75, 3.05) is 13.6 Å². The molecule has 3 rings (SSSR count). The van der Waals surface area contributed by atoms with Gasteiger partial charge in [-0.2, -0.15) is 0 Å². The van der Waals surface area contributed by atoms with Crippen molar-refractivity contribution in [3.63, 3.8) is 0 Å². The minimum absolute atomic E-state index is 0.115. The summed E-state index contributed by atoms with van der Waals surface area (Å²) in [5.41, 5.74) is 2.35. The summed E-state index contributed by atoms with van der Waals surface area (Å²) in [6.45, 7) is 1.38. The molecule has 0 atom stereocenters. The number of carbonyl (C=O) groups is 1. The number of rotatable bonds is 6. The Balaban J connectivity index is 1.48. The van der Waals surface area contributed by atoms with Gasteiger partial charge in [-0.25, -0.2) is 14.2 Å². The second-order valence-electron chi connectivity index (χ2n) is 6.07. The van der Waals surface area contributed by atoms with Gasteiger partial charge in [-0.15, -0.1) is 0 Å². The fourth-order valence-electron chi connectivity index (χ4n) is 2.76. The highest BCUT2D eigenvalue weighted by atomic mass is 35.5. The van der Waals surface area contributed by atoms with E-state index in [4.69, 9.17) is 11.6 Å². The molecule has 0 bridgehead atoms. The molecule has 0 saturated heterocycles. The Bertz CT molecular complexity index is 891. The lowest BCUT2D eigenvalue weighted by atomic mass is 10.2. The van der Waals surface area contributed by atoms with Crippen molar-refractivity contribution in [2.45, 2.75) is 19.5 Å². The maximum absolute atomic E-state index is 13.8. The Morgan fingerprint density at radius 2 is 2.08 bits per heavy atom. The van der Waals surface area contributed by atoms with E-state index in [2.05, 4.69) is 14.9 Å². The number of imidazole rings is 1. The number of urea groups is 1. The zero-order valence-electron chi connectivity index (χ0n) is 14.5. The van der Waals surface area contributed by atoms with Crippen LogP contribution in [0.1, 0.15) is 12.0 Å². The zero-order valence-corrected chi connectivity index (χ0v) is 15.2. The molecule has 0 aliphatic heterocycles. The minimum atomic E-state index is -0.413. The van der Waals surface area contributed by atoms with Gasteiger partial charge in [0.15, 0.2) is 0 Å². The number of benzene rings is 2. The third-order valence-corrected chi connectivity index (χ3v) is 4.54. The number of para-hydroxylation sites is 2. The fraction of sp³-hybridized carbons (Fsp3) is 0.263. The summed E-state index contributed by atoms with van der Waals surface area (Å²) in [7, 11) is 1.61. The molecule has 1 aromatic heterocycles. The Morgan fingerprint density at radius 3 is 2.88 bits per heavy atom. The first-order valence-corrected chi connectivity index (χ1v) is 8.76. The number of nitrogens with one attached hydrogen (secondary N) is 1. The quantitative estimate of drug-likeness (QED) is 0.661. The SMILES string of the molecule is CN(Cc1c(F)cccc1Cl)C(=O)NCCCn1cnc2ccccc21. The van der Waals surface area contributed by atoms with Crippen LogP contribution in [0.4, 0.5) is 9.18 Å². The van der Waals surface area contributed by atoms with E-state index in [0.29, 0.717) is 17.1 Å². The van der Waals surface area contributed by atoms with Gasteiger partial charge in [0.25, 0.3) is 0 Å². The van der Waals surface area contributed by atoms with Gasteiger partial charge >= 0.3 is 6.03 Å². The minimum Gasteiger partial charge on any atom is -0.338 e. The van der Waals surface area contributed by atoms with Gasteiger partial charge in [0.05, 0.1) is 23.9 Å². The monoisotopic (exact) mass is 374 g/mol. The van der Waals surface area contributed by atoms with Crippen LogP contribution in [0.2, 0.25) is 5.02 Å². The van der Waals surface area contributed by atoms with Crippen LogP contribution < -0.4 is 5.32 Å². The molecule has 2 aromatic carbocycles. The number of aromatic nitrogens is 2. The summed E-state index contributed by atoms with van der Waals surface area (Å²) in [4.78, 5) is 17.9. The number of hydrogen-bond acceptors (Lipinski definition) is 2. The lowest BCUT2D eigenvalue weighted by Crippen LogP contribution is -2.37. The number of halogens is 2. The lowest BCUT2D eigenvalue weighted by Gasteiger charge is -2.19. The summed E-state index contributed by atoms with van der Waals surface area (Å²) in [6.07, 6.45) is 2.57. The normalized spacial score (nSPS) is 10.9. The molecule has 5 nitrogen and oxygen atoms in total. The van der Waals surface area contributed by atoms with Crippen molar-refractivity contribution < 1.29 is 9.18 Å². The van der Waals surface area contributed by atoms with Gasteiger partial charge in [0.1, 0.15) is 5.82 Å². The molecule has 0 saturated carbocycles. The van der Waals surface area contributed by atoms with Crippen molar-refractivity contribution in [1.29, 1.82) is 0 Å². The van der Waals surface area contributed by atoms with Crippen molar-refractivity contribution in [3.8, 4) is 0 Å². The number of fused-ring (bicyclic) bond motifs is 1. The van der Waals surface area contributed by atoms with Crippen molar-refractivity contribution in [1.82, 2.24) is 19.8 Å². The molecule has 0 aliphatic rings. The highest BCUT2D eigenvalue weighted by Gasteiger charge is 2.13. The number of hydrogen-bond donors (Lipinski definition) is 1. The Labute approximate surface area is 156 Å². The highest BCUT2D eigenvalue weighted by molar-refractivity contribution is 6.31. The number of carbonyl (C=O) groups excluding carboxylic acids is 1. The first-order valence-electron chi connectivity index (χ1n) is 8.38. The van der Waals surface area contributed by atoms with Crippen molar-refractivity contribution in [2.24, 2.45) is 0 Å². The Kier molecular flexibility index (Phi) is 5.73. The van der Waals surface area contributed by atoms with E-state index >= 15 is 0 Å². The molecule has 2 amide bonds. The molecule has 0 unspecified atom stereocenters.